The Labute approximate surface area is 93.1 Å². The van der Waals surface area contributed by atoms with E-state index >= 15 is 0 Å². The third-order valence-corrected chi connectivity index (χ3v) is 2.23. The van der Waals surface area contributed by atoms with E-state index in [1.165, 1.54) is 0 Å². The third-order valence-electron chi connectivity index (χ3n) is 2.23. The maximum Gasteiger partial charge on any atom is 0.320 e. The van der Waals surface area contributed by atoms with E-state index in [0.717, 1.165) is 5.56 Å². The van der Waals surface area contributed by atoms with Crippen LogP contribution in [0.25, 0.3) is 0 Å². The number of rotatable bonds is 4. The van der Waals surface area contributed by atoms with Crippen molar-refractivity contribution in [1.82, 2.24) is 0 Å². The second-order valence-electron chi connectivity index (χ2n) is 3.66. The zero-order chi connectivity index (χ0) is 12.3. The Bertz CT molecular complexity index is 429. The molecular formula is C11H14N2O3. The maximum absolute atomic E-state index is 11.7. The predicted octanol–water partition coefficient (Wildman–Crippen LogP) is 0.562. The molecule has 0 heterocycles. The summed E-state index contributed by atoms with van der Waals surface area (Å²) >= 11 is 0. The Morgan fingerprint density at radius 1 is 1.44 bits per heavy atom. The molecule has 0 aromatic heterocycles. The molecule has 0 unspecified atom stereocenters. The van der Waals surface area contributed by atoms with Crippen molar-refractivity contribution in [2.24, 2.45) is 5.73 Å². The highest BCUT2D eigenvalue weighted by atomic mass is 16.4. The second kappa shape index (κ2) is 4.76. The quantitative estimate of drug-likeness (QED) is 0.509. The molecule has 5 heteroatoms. The first-order valence-corrected chi connectivity index (χ1v) is 4.79. The molecule has 0 saturated heterocycles. The Hall–Kier alpha value is -1.88. The molecule has 1 aromatic carbocycles. The molecule has 0 aliphatic rings. The van der Waals surface area contributed by atoms with E-state index in [9.17, 15) is 9.59 Å². The summed E-state index contributed by atoms with van der Waals surface area (Å²) in [6.07, 6.45) is -0.247. The van der Waals surface area contributed by atoms with Gasteiger partial charge in [0, 0.05) is 17.7 Å². The molecule has 16 heavy (non-hydrogen) atoms. The number of carbonyl (C=O) groups excluding carboxylic acids is 1. The highest BCUT2D eigenvalue weighted by Gasteiger charge is 2.18. The van der Waals surface area contributed by atoms with E-state index in [1.807, 2.05) is 6.92 Å². The highest BCUT2D eigenvalue weighted by molar-refractivity contribution is 6.02. The summed E-state index contributed by atoms with van der Waals surface area (Å²) < 4.78 is 0. The summed E-state index contributed by atoms with van der Waals surface area (Å²) in [5.41, 5.74) is 12.5. The summed E-state index contributed by atoms with van der Waals surface area (Å²) in [4.78, 5) is 22.2. The molecular weight excluding hydrogens is 208 g/mol. The van der Waals surface area contributed by atoms with Crippen LogP contribution in [0.3, 0.4) is 0 Å². The van der Waals surface area contributed by atoms with E-state index < -0.39 is 12.0 Å². The molecule has 0 bridgehead atoms. The van der Waals surface area contributed by atoms with Gasteiger partial charge in [0.1, 0.15) is 6.04 Å². The number of carboxylic acids is 1. The molecule has 0 aliphatic carbocycles. The number of ketones is 1. The van der Waals surface area contributed by atoms with E-state index in [0.29, 0.717) is 11.3 Å². The van der Waals surface area contributed by atoms with Gasteiger partial charge in [0.15, 0.2) is 5.78 Å². The van der Waals surface area contributed by atoms with Crippen LogP contribution in [0.4, 0.5) is 5.69 Å². The molecule has 1 atom stereocenters. The van der Waals surface area contributed by atoms with E-state index in [1.54, 1.807) is 18.2 Å². The van der Waals surface area contributed by atoms with Gasteiger partial charge in [-0.15, -0.1) is 0 Å². The van der Waals surface area contributed by atoms with Gasteiger partial charge in [-0.05, 0) is 19.1 Å². The first kappa shape index (κ1) is 12.2. The molecule has 0 fully saturated rings. The van der Waals surface area contributed by atoms with Crippen LogP contribution >= 0.6 is 0 Å². The summed E-state index contributed by atoms with van der Waals surface area (Å²) in [5, 5.41) is 8.59. The summed E-state index contributed by atoms with van der Waals surface area (Å²) in [5.74, 6) is -1.55. The molecule has 0 amide bonds. The monoisotopic (exact) mass is 222 g/mol. The van der Waals surface area contributed by atoms with Crippen molar-refractivity contribution in [3.8, 4) is 0 Å². The van der Waals surface area contributed by atoms with Crippen LogP contribution in [0.1, 0.15) is 22.3 Å². The topological polar surface area (TPSA) is 106 Å². The Morgan fingerprint density at radius 2 is 2.06 bits per heavy atom. The Kier molecular flexibility index (Phi) is 3.63. The Balaban J connectivity index is 2.88. The van der Waals surface area contributed by atoms with Crippen LogP contribution in [-0.4, -0.2) is 22.9 Å². The van der Waals surface area contributed by atoms with Crippen LogP contribution in [-0.2, 0) is 4.79 Å². The molecule has 5 nitrogen and oxygen atoms in total. The van der Waals surface area contributed by atoms with Gasteiger partial charge >= 0.3 is 5.97 Å². The first-order chi connectivity index (χ1) is 7.41. The minimum atomic E-state index is -1.19. The molecule has 0 saturated carbocycles. The zero-order valence-corrected chi connectivity index (χ0v) is 8.93. The minimum Gasteiger partial charge on any atom is -0.480 e. The lowest BCUT2D eigenvalue weighted by Crippen LogP contribution is -2.32. The van der Waals surface area contributed by atoms with Crippen molar-refractivity contribution in [3.63, 3.8) is 0 Å². The third kappa shape index (κ3) is 2.80. The van der Waals surface area contributed by atoms with Crippen molar-refractivity contribution < 1.29 is 14.7 Å². The van der Waals surface area contributed by atoms with Gasteiger partial charge in [-0.1, -0.05) is 11.6 Å². The van der Waals surface area contributed by atoms with Crippen molar-refractivity contribution in [1.29, 1.82) is 0 Å². The predicted molar refractivity (Wildman–Crippen MR) is 60.2 cm³/mol. The van der Waals surface area contributed by atoms with Gasteiger partial charge in [0.2, 0.25) is 0 Å². The number of nitrogen functional groups attached to an aromatic ring is 1. The number of aryl methyl sites for hydroxylation is 1. The fraction of sp³-hybridized carbons (Fsp3) is 0.273. The zero-order valence-electron chi connectivity index (χ0n) is 8.93. The van der Waals surface area contributed by atoms with Crippen LogP contribution < -0.4 is 11.5 Å². The van der Waals surface area contributed by atoms with E-state index in [2.05, 4.69) is 0 Å². The van der Waals surface area contributed by atoms with Crippen molar-refractivity contribution in [2.45, 2.75) is 19.4 Å². The highest BCUT2D eigenvalue weighted by Crippen LogP contribution is 2.16. The summed E-state index contributed by atoms with van der Waals surface area (Å²) in [6.45, 7) is 1.83. The average molecular weight is 222 g/mol. The molecule has 1 rings (SSSR count). The number of hydrogen-bond donors (Lipinski definition) is 3. The molecule has 0 radical (unpaired) electrons. The van der Waals surface area contributed by atoms with Crippen LogP contribution in [0, 0.1) is 6.92 Å². The van der Waals surface area contributed by atoms with E-state index in [4.69, 9.17) is 16.6 Å². The summed E-state index contributed by atoms with van der Waals surface area (Å²) in [6, 6.07) is 3.84. The van der Waals surface area contributed by atoms with E-state index in [-0.39, 0.29) is 12.2 Å². The molecule has 86 valence electrons. The second-order valence-corrected chi connectivity index (χ2v) is 3.66. The largest absolute Gasteiger partial charge is 0.480 e. The summed E-state index contributed by atoms with van der Waals surface area (Å²) in [7, 11) is 0. The maximum atomic E-state index is 11.7. The fourth-order valence-electron chi connectivity index (χ4n) is 1.31. The fourth-order valence-corrected chi connectivity index (χ4v) is 1.31. The molecule has 0 spiro atoms. The van der Waals surface area contributed by atoms with Gasteiger partial charge in [0.05, 0.1) is 0 Å². The number of Topliss-reactive ketones (excluding diaryl/α,β-unsaturated/α-hetero) is 1. The molecule has 5 N–H and O–H groups in total. The van der Waals surface area contributed by atoms with Gasteiger partial charge in [-0.25, -0.2) is 0 Å². The first-order valence-electron chi connectivity index (χ1n) is 4.79. The van der Waals surface area contributed by atoms with Gasteiger partial charge in [-0.2, -0.15) is 0 Å². The normalized spacial score (nSPS) is 12.1. The van der Waals surface area contributed by atoms with Gasteiger partial charge in [-0.3, -0.25) is 9.59 Å². The van der Waals surface area contributed by atoms with Crippen LogP contribution in [0.5, 0.6) is 0 Å². The standard InChI is InChI=1S/C11H14N2O3/c1-6-2-3-8(12)7(4-6)10(14)5-9(13)11(15)16/h2-4,9H,5,12-13H2,1H3,(H,15,16)/t9-/m0/s1. The number of benzene rings is 1. The Morgan fingerprint density at radius 3 is 2.62 bits per heavy atom. The van der Waals surface area contributed by atoms with Crippen molar-refractivity contribution in [2.75, 3.05) is 5.73 Å². The number of aliphatic carboxylic acids is 1. The number of hydrogen-bond acceptors (Lipinski definition) is 4. The van der Waals surface area contributed by atoms with Crippen LogP contribution in [0.15, 0.2) is 18.2 Å². The number of carboxylic acid groups (broad SMARTS) is 1. The lowest BCUT2D eigenvalue weighted by Gasteiger charge is -2.08. The lowest BCUT2D eigenvalue weighted by molar-refractivity contribution is -0.138. The van der Waals surface area contributed by atoms with Crippen molar-refractivity contribution in [3.05, 3.63) is 29.3 Å². The van der Waals surface area contributed by atoms with Gasteiger partial charge < -0.3 is 16.6 Å². The number of carbonyl (C=O) groups is 2. The smallest absolute Gasteiger partial charge is 0.320 e. The van der Waals surface area contributed by atoms with Crippen molar-refractivity contribution >= 4 is 17.4 Å². The SMILES string of the molecule is Cc1ccc(N)c(C(=O)C[C@H](N)C(=O)O)c1. The molecule has 1 aromatic rings. The lowest BCUT2D eigenvalue weighted by atomic mass is 10.0. The average Bonchev–Trinajstić information content (AvgIpc) is 2.21. The number of anilines is 1. The van der Waals surface area contributed by atoms with Crippen LogP contribution in [0.2, 0.25) is 0 Å². The number of nitrogens with two attached hydrogens (primary N) is 2. The minimum absolute atomic E-state index is 0.247. The van der Waals surface area contributed by atoms with Gasteiger partial charge in [0.25, 0.3) is 0 Å². The molecule has 0 aliphatic heterocycles.